The van der Waals surface area contributed by atoms with Gasteiger partial charge in [-0.05, 0) is 6.42 Å². The lowest BCUT2D eigenvalue weighted by molar-refractivity contribution is 0.240. The van der Waals surface area contributed by atoms with Crippen LogP contribution < -0.4 is 10.6 Å². The summed E-state index contributed by atoms with van der Waals surface area (Å²) in [6, 6.07) is -0.131. The Kier molecular flexibility index (Phi) is 4.54. The second-order valence-corrected chi connectivity index (χ2v) is 3.04. The molecule has 2 amide bonds. The molecule has 0 spiro atoms. The molecule has 1 aromatic heterocycles. The molecule has 0 atom stereocenters. The number of carbonyl (C=O) groups excluding carboxylic acids is 1. The minimum absolute atomic E-state index is 0.131. The first-order valence-corrected chi connectivity index (χ1v) is 4.82. The van der Waals surface area contributed by atoms with E-state index < -0.39 is 0 Å². The van der Waals surface area contributed by atoms with Gasteiger partial charge in [0.1, 0.15) is 0 Å². The molecule has 0 saturated heterocycles. The van der Waals surface area contributed by atoms with Crippen molar-refractivity contribution < 1.29 is 4.79 Å². The highest BCUT2D eigenvalue weighted by atomic mass is 16.2. The summed E-state index contributed by atoms with van der Waals surface area (Å²) < 4.78 is 0. The molecular formula is C9H16N4O. The average molecular weight is 196 g/mol. The van der Waals surface area contributed by atoms with E-state index in [1.807, 2.05) is 0 Å². The lowest BCUT2D eigenvalue weighted by Gasteiger charge is -2.05. The normalized spacial score (nSPS) is 9.79. The monoisotopic (exact) mass is 196 g/mol. The number of nitrogens with one attached hydrogen (secondary N) is 3. The van der Waals surface area contributed by atoms with Gasteiger partial charge in [0, 0.05) is 12.7 Å². The van der Waals surface area contributed by atoms with Crippen LogP contribution in [0.2, 0.25) is 0 Å². The number of aromatic amines is 1. The van der Waals surface area contributed by atoms with Crippen LogP contribution in [0, 0.1) is 0 Å². The van der Waals surface area contributed by atoms with E-state index in [2.05, 4.69) is 27.5 Å². The number of hydrogen-bond donors (Lipinski definition) is 3. The van der Waals surface area contributed by atoms with Crippen molar-refractivity contribution in [3.63, 3.8) is 0 Å². The number of urea groups is 1. The molecule has 0 radical (unpaired) electrons. The van der Waals surface area contributed by atoms with Crippen LogP contribution in [0.4, 0.5) is 4.79 Å². The zero-order valence-corrected chi connectivity index (χ0v) is 8.34. The maximum absolute atomic E-state index is 11.2. The maximum Gasteiger partial charge on any atom is 0.315 e. The van der Waals surface area contributed by atoms with E-state index >= 15 is 0 Å². The van der Waals surface area contributed by atoms with E-state index in [-0.39, 0.29) is 6.03 Å². The van der Waals surface area contributed by atoms with Gasteiger partial charge in [0.05, 0.1) is 18.6 Å². The average Bonchev–Trinajstić information content (AvgIpc) is 2.68. The summed E-state index contributed by atoms with van der Waals surface area (Å²) in [6.07, 6.45) is 5.37. The number of aromatic nitrogens is 2. The molecule has 0 unspecified atom stereocenters. The molecule has 1 rings (SSSR count). The van der Waals surface area contributed by atoms with Gasteiger partial charge in [0.2, 0.25) is 0 Å². The minimum atomic E-state index is -0.131. The first kappa shape index (κ1) is 10.6. The van der Waals surface area contributed by atoms with E-state index in [1.54, 1.807) is 12.5 Å². The third kappa shape index (κ3) is 3.93. The lowest BCUT2D eigenvalue weighted by atomic mass is 10.3. The van der Waals surface area contributed by atoms with Crippen molar-refractivity contribution in [3.8, 4) is 0 Å². The Morgan fingerprint density at radius 3 is 3.07 bits per heavy atom. The SMILES string of the molecule is CCCCNC(=O)NCc1cnc[nH]1. The van der Waals surface area contributed by atoms with E-state index in [0.29, 0.717) is 6.54 Å². The molecule has 1 aromatic rings. The van der Waals surface area contributed by atoms with Gasteiger partial charge in [0.25, 0.3) is 0 Å². The predicted molar refractivity (Wildman–Crippen MR) is 53.7 cm³/mol. The van der Waals surface area contributed by atoms with Gasteiger partial charge >= 0.3 is 6.03 Å². The van der Waals surface area contributed by atoms with Gasteiger partial charge in [-0.1, -0.05) is 13.3 Å². The molecule has 0 aliphatic rings. The number of imidazole rings is 1. The van der Waals surface area contributed by atoms with Crippen LogP contribution in [-0.2, 0) is 6.54 Å². The number of amides is 2. The van der Waals surface area contributed by atoms with Gasteiger partial charge in [0.15, 0.2) is 0 Å². The molecule has 0 saturated carbocycles. The summed E-state index contributed by atoms with van der Waals surface area (Å²) in [7, 11) is 0. The summed E-state index contributed by atoms with van der Waals surface area (Å²) in [5, 5.41) is 5.48. The number of rotatable bonds is 5. The van der Waals surface area contributed by atoms with Crippen LogP contribution >= 0.6 is 0 Å². The largest absolute Gasteiger partial charge is 0.347 e. The highest BCUT2D eigenvalue weighted by molar-refractivity contribution is 5.73. The van der Waals surface area contributed by atoms with Gasteiger partial charge in [-0.25, -0.2) is 9.78 Å². The Hall–Kier alpha value is -1.52. The van der Waals surface area contributed by atoms with E-state index in [1.165, 1.54) is 0 Å². The number of carbonyl (C=O) groups is 1. The number of H-pyrrole nitrogens is 1. The van der Waals surface area contributed by atoms with Crippen molar-refractivity contribution in [2.45, 2.75) is 26.3 Å². The molecule has 1 heterocycles. The zero-order chi connectivity index (χ0) is 10.2. The van der Waals surface area contributed by atoms with Crippen LogP contribution in [0.1, 0.15) is 25.5 Å². The molecule has 0 aliphatic carbocycles. The standard InChI is InChI=1S/C9H16N4O/c1-2-3-4-11-9(14)12-6-8-5-10-7-13-8/h5,7H,2-4,6H2,1H3,(H,10,13)(H2,11,12,14). The molecule has 14 heavy (non-hydrogen) atoms. The van der Waals surface area contributed by atoms with Gasteiger partial charge < -0.3 is 15.6 Å². The number of unbranched alkanes of at least 4 members (excludes halogenated alkanes) is 1. The van der Waals surface area contributed by atoms with Crippen LogP contribution in [0.3, 0.4) is 0 Å². The molecule has 5 nitrogen and oxygen atoms in total. The van der Waals surface area contributed by atoms with E-state index in [9.17, 15) is 4.79 Å². The maximum atomic E-state index is 11.2. The summed E-state index contributed by atoms with van der Waals surface area (Å²) in [4.78, 5) is 17.9. The van der Waals surface area contributed by atoms with Crippen LogP contribution in [-0.4, -0.2) is 22.5 Å². The van der Waals surface area contributed by atoms with E-state index in [0.717, 1.165) is 25.1 Å². The van der Waals surface area contributed by atoms with Crippen molar-refractivity contribution in [1.29, 1.82) is 0 Å². The highest BCUT2D eigenvalue weighted by Crippen LogP contribution is 1.88. The van der Waals surface area contributed by atoms with Gasteiger partial charge in [-0.15, -0.1) is 0 Å². The first-order valence-electron chi connectivity index (χ1n) is 4.82. The molecule has 3 N–H and O–H groups in total. The van der Waals surface area contributed by atoms with Crippen molar-refractivity contribution in [3.05, 3.63) is 18.2 Å². The third-order valence-electron chi connectivity index (χ3n) is 1.81. The second-order valence-electron chi connectivity index (χ2n) is 3.04. The fraction of sp³-hybridized carbons (Fsp3) is 0.556. The zero-order valence-electron chi connectivity index (χ0n) is 8.34. The summed E-state index contributed by atoms with van der Waals surface area (Å²) in [5.41, 5.74) is 0.899. The molecule has 0 fully saturated rings. The Morgan fingerprint density at radius 2 is 2.43 bits per heavy atom. The van der Waals surface area contributed by atoms with Crippen LogP contribution in [0.5, 0.6) is 0 Å². The van der Waals surface area contributed by atoms with Crippen LogP contribution in [0.25, 0.3) is 0 Å². The lowest BCUT2D eigenvalue weighted by Crippen LogP contribution is -2.35. The minimum Gasteiger partial charge on any atom is -0.347 e. The van der Waals surface area contributed by atoms with Crippen LogP contribution in [0.15, 0.2) is 12.5 Å². The van der Waals surface area contributed by atoms with Gasteiger partial charge in [-0.2, -0.15) is 0 Å². The first-order chi connectivity index (χ1) is 6.83. The van der Waals surface area contributed by atoms with Crippen molar-refractivity contribution in [2.24, 2.45) is 0 Å². The molecule has 0 aliphatic heterocycles. The topological polar surface area (TPSA) is 69.8 Å². The molecule has 0 bridgehead atoms. The van der Waals surface area contributed by atoms with Crippen molar-refractivity contribution >= 4 is 6.03 Å². The molecular weight excluding hydrogens is 180 g/mol. The smallest absolute Gasteiger partial charge is 0.315 e. The Morgan fingerprint density at radius 1 is 1.57 bits per heavy atom. The quantitative estimate of drug-likeness (QED) is 0.615. The summed E-state index contributed by atoms with van der Waals surface area (Å²) >= 11 is 0. The summed E-state index contributed by atoms with van der Waals surface area (Å²) in [5.74, 6) is 0. The fourth-order valence-corrected chi connectivity index (χ4v) is 0.998. The molecule has 0 aromatic carbocycles. The fourth-order valence-electron chi connectivity index (χ4n) is 0.998. The number of hydrogen-bond acceptors (Lipinski definition) is 2. The Bertz CT molecular complexity index is 258. The predicted octanol–water partition coefficient (Wildman–Crippen LogP) is 1.01. The Labute approximate surface area is 83.3 Å². The molecule has 78 valence electrons. The summed E-state index contributed by atoms with van der Waals surface area (Å²) in [6.45, 7) is 3.30. The van der Waals surface area contributed by atoms with E-state index in [4.69, 9.17) is 0 Å². The van der Waals surface area contributed by atoms with Crippen molar-refractivity contribution in [2.75, 3.05) is 6.54 Å². The number of nitrogens with zero attached hydrogens (tertiary/aromatic N) is 1. The van der Waals surface area contributed by atoms with Gasteiger partial charge in [-0.3, -0.25) is 0 Å². The highest BCUT2D eigenvalue weighted by Gasteiger charge is 1.99. The molecule has 5 heteroatoms. The Balaban J connectivity index is 2.09. The van der Waals surface area contributed by atoms with Crippen molar-refractivity contribution in [1.82, 2.24) is 20.6 Å². The third-order valence-corrected chi connectivity index (χ3v) is 1.81. The second kappa shape index (κ2) is 6.01.